The van der Waals surface area contributed by atoms with E-state index in [1.165, 1.54) is 22.3 Å². The van der Waals surface area contributed by atoms with Crippen LogP contribution in [-0.4, -0.2) is 25.8 Å². The van der Waals surface area contributed by atoms with Gasteiger partial charge in [0.25, 0.3) is 0 Å². The first-order chi connectivity index (χ1) is 15.5. The molecule has 0 aromatic heterocycles. The molecule has 0 fully saturated rings. The number of fused-ring (bicyclic) bond motifs is 3. The van der Waals surface area contributed by atoms with Crippen molar-refractivity contribution in [3.8, 4) is 23.0 Å². The van der Waals surface area contributed by atoms with Crippen molar-refractivity contribution in [1.29, 1.82) is 0 Å². The molecule has 170 valence electrons. The number of aryl methyl sites for hydroxylation is 1. The fourth-order valence-electron chi connectivity index (χ4n) is 4.52. The monoisotopic (exact) mass is 498 g/mol. The molecule has 1 atom stereocenters. The smallest absolute Gasteiger partial charge is 0.231 e. The Morgan fingerprint density at radius 3 is 2.62 bits per heavy atom. The highest BCUT2D eigenvalue weighted by molar-refractivity contribution is 9.09. The van der Waals surface area contributed by atoms with Crippen molar-refractivity contribution in [2.75, 3.05) is 25.8 Å². The normalized spacial score (nSPS) is 17.5. The van der Waals surface area contributed by atoms with Crippen LogP contribution in [0.1, 0.15) is 55.9 Å². The second kappa shape index (κ2) is 10.0. The third-order valence-corrected chi connectivity index (χ3v) is 6.67. The van der Waals surface area contributed by atoms with E-state index in [4.69, 9.17) is 18.9 Å². The van der Waals surface area contributed by atoms with E-state index in [1.54, 1.807) is 7.11 Å². The van der Waals surface area contributed by atoms with Crippen molar-refractivity contribution in [3.05, 3.63) is 52.1 Å². The van der Waals surface area contributed by atoms with Crippen LogP contribution < -0.4 is 18.9 Å². The van der Waals surface area contributed by atoms with Gasteiger partial charge in [0, 0.05) is 10.9 Å². The van der Waals surface area contributed by atoms with Crippen molar-refractivity contribution in [2.24, 2.45) is 5.92 Å². The van der Waals surface area contributed by atoms with Crippen molar-refractivity contribution in [2.45, 2.75) is 40.0 Å². The number of hydrogen-bond acceptors (Lipinski definition) is 4. The highest BCUT2D eigenvalue weighted by Crippen LogP contribution is 2.42. The van der Waals surface area contributed by atoms with Gasteiger partial charge in [0.2, 0.25) is 6.79 Å². The Morgan fingerprint density at radius 1 is 1.12 bits per heavy atom. The number of methoxy groups -OCH3 is 1. The fraction of sp³-hybridized carbons (Fsp3) is 0.407. The summed E-state index contributed by atoms with van der Waals surface area (Å²) in [6.45, 7) is 7.58. The van der Waals surface area contributed by atoms with Crippen LogP contribution in [0.15, 0.2) is 29.8 Å². The molecular weight excluding hydrogens is 468 g/mol. The molecule has 0 amide bonds. The minimum Gasteiger partial charge on any atom is -0.493 e. The van der Waals surface area contributed by atoms with E-state index >= 15 is 0 Å². The number of ether oxygens (including phenoxy) is 4. The molecule has 2 aromatic carbocycles. The van der Waals surface area contributed by atoms with Crippen LogP contribution in [0, 0.1) is 5.92 Å². The average molecular weight is 499 g/mol. The van der Waals surface area contributed by atoms with E-state index < -0.39 is 0 Å². The summed E-state index contributed by atoms with van der Waals surface area (Å²) in [5, 5.41) is 0.760. The SMILES string of the molecule is CCC1=Cc2c(ccc(OC)c2OCCBr)C=C(C)c2cc3c(cc2CCC1C)OCO3. The summed E-state index contributed by atoms with van der Waals surface area (Å²) in [5.74, 6) is 3.68. The second-order valence-electron chi connectivity index (χ2n) is 8.34. The van der Waals surface area contributed by atoms with Crippen LogP contribution in [0.25, 0.3) is 17.7 Å². The number of alkyl halides is 1. The Bertz CT molecular complexity index is 1050. The van der Waals surface area contributed by atoms with Gasteiger partial charge in [-0.25, -0.2) is 0 Å². The molecule has 4 rings (SSSR count). The molecule has 2 aromatic rings. The molecular formula is C27H31BrO4. The van der Waals surface area contributed by atoms with Crippen LogP contribution in [0.4, 0.5) is 0 Å². The molecule has 0 N–H and O–H groups in total. The summed E-state index contributed by atoms with van der Waals surface area (Å²) < 4.78 is 23.2. The molecule has 0 saturated carbocycles. The fourth-order valence-corrected chi connectivity index (χ4v) is 4.69. The van der Waals surface area contributed by atoms with Gasteiger partial charge in [0.05, 0.1) is 13.7 Å². The van der Waals surface area contributed by atoms with Crippen LogP contribution in [0.5, 0.6) is 23.0 Å². The Balaban J connectivity index is 1.93. The molecule has 0 spiro atoms. The van der Waals surface area contributed by atoms with Gasteiger partial charge in [-0.2, -0.15) is 0 Å². The second-order valence-corrected chi connectivity index (χ2v) is 9.13. The lowest BCUT2D eigenvalue weighted by molar-refractivity contribution is 0.174. The summed E-state index contributed by atoms with van der Waals surface area (Å²) in [4.78, 5) is 0. The summed E-state index contributed by atoms with van der Waals surface area (Å²) in [6.07, 6.45) is 7.61. The standard InChI is InChI=1S/C27H31BrO4/c1-5-19-13-23-20(8-9-24(29-4)27(23)30-11-10-28)12-18(3)22-15-26-25(31-16-32-26)14-21(22)7-6-17(19)2/h8-9,12-15,17H,5-7,10-11,16H2,1-4H3. The number of hydrogen-bond donors (Lipinski definition) is 0. The molecule has 1 heterocycles. The lowest BCUT2D eigenvalue weighted by atomic mass is 9.89. The first kappa shape index (κ1) is 22.8. The summed E-state index contributed by atoms with van der Waals surface area (Å²) >= 11 is 3.48. The van der Waals surface area contributed by atoms with Crippen molar-refractivity contribution in [3.63, 3.8) is 0 Å². The van der Waals surface area contributed by atoms with E-state index in [-0.39, 0.29) is 6.79 Å². The van der Waals surface area contributed by atoms with Crippen LogP contribution in [0.2, 0.25) is 0 Å². The molecule has 4 nitrogen and oxygen atoms in total. The van der Waals surface area contributed by atoms with Crippen molar-refractivity contribution < 1.29 is 18.9 Å². The highest BCUT2D eigenvalue weighted by Gasteiger charge is 2.21. The number of halogens is 1. The van der Waals surface area contributed by atoms with Crippen LogP contribution in [0.3, 0.4) is 0 Å². The molecule has 1 aliphatic heterocycles. The lowest BCUT2D eigenvalue weighted by Crippen LogP contribution is -2.05. The van der Waals surface area contributed by atoms with Crippen molar-refractivity contribution >= 4 is 33.7 Å². The molecule has 32 heavy (non-hydrogen) atoms. The maximum Gasteiger partial charge on any atom is 0.231 e. The molecule has 0 bridgehead atoms. The number of allylic oxidation sites excluding steroid dienone is 2. The lowest BCUT2D eigenvalue weighted by Gasteiger charge is -2.19. The average Bonchev–Trinajstić information content (AvgIpc) is 3.26. The zero-order valence-electron chi connectivity index (χ0n) is 19.3. The van der Waals surface area contributed by atoms with Gasteiger partial charge in [-0.3, -0.25) is 0 Å². The molecule has 5 heteroatoms. The predicted octanol–water partition coefficient (Wildman–Crippen LogP) is 7.13. The molecule has 0 radical (unpaired) electrons. The Hall–Kier alpha value is -2.40. The zero-order chi connectivity index (χ0) is 22.7. The van der Waals surface area contributed by atoms with E-state index in [1.807, 2.05) is 6.07 Å². The van der Waals surface area contributed by atoms with E-state index in [0.29, 0.717) is 12.5 Å². The maximum atomic E-state index is 6.19. The molecule has 1 aliphatic carbocycles. The summed E-state index contributed by atoms with van der Waals surface area (Å²) in [6, 6.07) is 8.41. The Morgan fingerprint density at radius 2 is 1.91 bits per heavy atom. The van der Waals surface area contributed by atoms with Gasteiger partial charge in [-0.1, -0.05) is 53.6 Å². The molecule has 2 aliphatic rings. The largest absolute Gasteiger partial charge is 0.493 e. The molecule has 1 unspecified atom stereocenters. The topological polar surface area (TPSA) is 36.9 Å². The van der Waals surface area contributed by atoms with Crippen LogP contribution in [-0.2, 0) is 6.42 Å². The first-order valence-corrected chi connectivity index (χ1v) is 12.4. The minimum absolute atomic E-state index is 0.289. The van der Waals surface area contributed by atoms with Gasteiger partial charge in [-0.15, -0.1) is 0 Å². The van der Waals surface area contributed by atoms with Gasteiger partial charge < -0.3 is 18.9 Å². The van der Waals surface area contributed by atoms with E-state index in [2.05, 4.69) is 67.1 Å². The summed E-state index contributed by atoms with van der Waals surface area (Å²) in [7, 11) is 1.70. The van der Waals surface area contributed by atoms with E-state index in [0.717, 1.165) is 58.7 Å². The summed E-state index contributed by atoms with van der Waals surface area (Å²) in [5.41, 5.74) is 7.33. The zero-order valence-corrected chi connectivity index (χ0v) is 20.9. The minimum atomic E-state index is 0.289. The van der Waals surface area contributed by atoms with E-state index in [9.17, 15) is 0 Å². The Kier molecular flexibility index (Phi) is 7.14. The highest BCUT2D eigenvalue weighted by atomic mass is 79.9. The van der Waals surface area contributed by atoms with Crippen LogP contribution >= 0.6 is 15.9 Å². The third kappa shape index (κ3) is 4.54. The number of rotatable bonds is 5. The van der Waals surface area contributed by atoms with Crippen molar-refractivity contribution in [1.82, 2.24) is 0 Å². The molecule has 0 saturated heterocycles. The van der Waals surface area contributed by atoms with Gasteiger partial charge in [0.15, 0.2) is 23.0 Å². The third-order valence-electron chi connectivity index (χ3n) is 6.35. The Labute approximate surface area is 199 Å². The number of benzene rings is 2. The predicted molar refractivity (Wildman–Crippen MR) is 134 cm³/mol. The quantitative estimate of drug-likeness (QED) is 0.410. The van der Waals surface area contributed by atoms with Gasteiger partial charge in [0.1, 0.15) is 0 Å². The first-order valence-electron chi connectivity index (χ1n) is 11.3. The van der Waals surface area contributed by atoms with Gasteiger partial charge in [-0.05, 0) is 72.6 Å². The van der Waals surface area contributed by atoms with Gasteiger partial charge >= 0.3 is 0 Å². The maximum absolute atomic E-state index is 6.19.